The Morgan fingerprint density at radius 2 is 1.90 bits per heavy atom. The van der Waals surface area contributed by atoms with Gasteiger partial charge in [0.1, 0.15) is 30.1 Å². The van der Waals surface area contributed by atoms with E-state index in [1.807, 2.05) is 0 Å². The van der Waals surface area contributed by atoms with Gasteiger partial charge in [0.25, 0.3) is 0 Å². The maximum absolute atomic E-state index is 14.1. The number of unbranched alkanes of at least 4 members (excludes halogenated alkanes) is 2. The number of rotatable bonds is 10. The highest BCUT2D eigenvalue weighted by Crippen LogP contribution is 2.28. The van der Waals surface area contributed by atoms with Crippen LogP contribution in [-0.2, 0) is 32.2 Å². The van der Waals surface area contributed by atoms with Gasteiger partial charge in [0.15, 0.2) is 0 Å². The first-order valence-electron chi connectivity index (χ1n) is 13.6. The third kappa shape index (κ3) is 7.07. The van der Waals surface area contributed by atoms with Crippen LogP contribution in [0.25, 0.3) is 0 Å². The predicted octanol–water partition coefficient (Wildman–Crippen LogP) is 4.12. The Morgan fingerprint density at radius 1 is 1.13 bits per heavy atom. The van der Waals surface area contributed by atoms with E-state index in [9.17, 15) is 28.7 Å². The molecule has 11 heteroatoms. The monoisotopic (exact) mass is 545 g/mol. The second-order valence-corrected chi connectivity index (χ2v) is 10.4. The molecule has 0 radical (unpaired) electrons. The average molecular weight is 546 g/mol. The lowest BCUT2D eigenvalue weighted by atomic mass is 10.1. The summed E-state index contributed by atoms with van der Waals surface area (Å²) < 4.78 is 25.1. The van der Waals surface area contributed by atoms with Crippen LogP contribution in [0.15, 0.2) is 30.9 Å². The van der Waals surface area contributed by atoms with E-state index in [0.29, 0.717) is 24.0 Å². The molecule has 4 rings (SSSR count). The predicted molar refractivity (Wildman–Crippen MR) is 138 cm³/mol. The maximum atomic E-state index is 14.1. The molecule has 0 bridgehead atoms. The molecule has 1 aromatic carbocycles. The Balaban J connectivity index is 1.39. The summed E-state index contributed by atoms with van der Waals surface area (Å²) in [5.74, 6) is -2.18. The number of carbonyl (C=O) groups is 4. The standard InChI is InChI=1S/C28H36FN3O7/c1-2-3-4-5-13-23(30-27(36)38-19-10-6-7-11-19)25(33)32-16-20(14-24(32)26(34)35)39-28(37)31-15-18-9-8-12-22(29)21(18)17-31/h2,8-9,12,19-20,23-24H,1,3-7,10-11,13-17H2,(H,30,36)(H,34,35)/t20-,23+,24+/m1/s1. The van der Waals surface area contributed by atoms with Crippen LogP contribution in [0.3, 0.4) is 0 Å². The van der Waals surface area contributed by atoms with Crippen LogP contribution in [0.1, 0.15) is 68.9 Å². The van der Waals surface area contributed by atoms with E-state index in [1.54, 1.807) is 18.2 Å². The molecule has 1 saturated heterocycles. The zero-order valence-corrected chi connectivity index (χ0v) is 22.0. The molecule has 1 aromatic rings. The van der Waals surface area contributed by atoms with Gasteiger partial charge < -0.3 is 24.8 Å². The topological polar surface area (TPSA) is 125 Å². The first-order chi connectivity index (χ1) is 18.8. The molecule has 0 aromatic heterocycles. The summed E-state index contributed by atoms with van der Waals surface area (Å²) in [6, 6.07) is 2.45. The smallest absolute Gasteiger partial charge is 0.410 e. The van der Waals surface area contributed by atoms with Crippen molar-refractivity contribution in [1.82, 2.24) is 15.1 Å². The van der Waals surface area contributed by atoms with Crippen LogP contribution in [0.4, 0.5) is 14.0 Å². The number of alkyl carbamates (subject to hydrolysis) is 1. The van der Waals surface area contributed by atoms with Gasteiger partial charge in [-0.25, -0.2) is 18.8 Å². The highest BCUT2D eigenvalue weighted by molar-refractivity contribution is 5.90. The SMILES string of the molecule is C=CCCCC[C@H](NC(=O)OC1CCCC1)C(=O)N1C[C@H](OC(=O)N2Cc3cccc(F)c3C2)C[C@H]1C(=O)O. The molecule has 3 amide bonds. The van der Waals surface area contributed by atoms with E-state index in [2.05, 4.69) is 11.9 Å². The van der Waals surface area contributed by atoms with Crippen LogP contribution >= 0.6 is 0 Å². The number of nitrogens with zero attached hydrogens (tertiary/aromatic N) is 2. The van der Waals surface area contributed by atoms with E-state index < -0.39 is 48.1 Å². The zero-order chi connectivity index (χ0) is 27.9. The van der Waals surface area contributed by atoms with E-state index >= 15 is 0 Å². The summed E-state index contributed by atoms with van der Waals surface area (Å²) in [4.78, 5) is 53.5. The zero-order valence-electron chi connectivity index (χ0n) is 22.0. The minimum absolute atomic E-state index is 0.0539. The van der Waals surface area contributed by atoms with Crippen molar-refractivity contribution in [2.45, 2.75) is 95.2 Å². The molecule has 1 aliphatic carbocycles. The molecular formula is C28H36FN3O7. The summed E-state index contributed by atoms with van der Waals surface area (Å²) in [7, 11) is 0. The molecular weight excluding hydrogens is 509 g/mol. The first kappa shape index (κ1) is 28.4. The lowest BCUT2D eigenvalue weighted by Gasteiger charge is -2.27. The van der Waals surface area contributed by atoms with Gasteiger partial charge >= 0.3 is 18.2 Å². The number of hydrogen-bond acceptors (Lipinski definition) is 6. The molecule has 2 fully saturated rings. The van der Waals surface area contributed by atoms with Crippen LogP contribution in [0.2, 0.25) is 0 Å². The summed E-state index contributed by atoms with van der Waals surface area (Å²) in [6.07, 6.45) is 5.18. The summed E-state index contributed by atoms with van der Waals surface area (Å²) in [5, 5.41) is 12.5. The first-order valence-corrected chi connectivity index (χ1v) is 13.6. The molecule has 10 nitrogen and oxygen atoms in total. The van der Waals surface area contributed by atoms with Gasteiger partial charge in [-0.15, -0.1) is 6.58 Å². The molecule has 3 aliphatic rings. The van der Waals surface area contributed by atoms with Crippen LogP contribution < -0.4 is 5.32 Å². The Kier molecular flexibility index (Phi) is 9.42. The average Bonchev–Trinajstić information content (AvgIpc) is 3.66. The van der Waals surface area contributed by atoms with Crippen molar-refractivity contribution in [1.29, 1.82) is 0 Å². The summed E-state index contributed by atoms with van der Waals surface area (Å²) in [6.45, 7) is 3.81. The van der Waals surface area contributed by atoms with Gasteiger partial charge in [-0.05, 0) is 56.6 Å². The number of amides is 3. The van der Waals surface area contributed by atoms with Gasteiger partial charge in [-0.2, -0.15) is 0 Å². The van der Waals surface area contributed by atoms with Crippen molar-refractivity contribution in [3.05, 3.63) is 47.8 Å². The number of likely N-dealkylation sites (tertiary alicyclic amines) is 1. The second kappa shape index (κ2) is 12.9. The Hall–Kier alpha value is -3.63. The number of hydrogen-bond donors (Lipinski definition) is 2. The largest absolute Gasteiger partial charge is 0.480 e. The Bertz CT molecular complexity index is 1090. The lowest BCUT2D eigenvalue weighted by Crippen LogP contribution is -2.52. The fourth-order valence-corrected chi connectivity index (χ4v) is 5.52. The van der Waals surface area contributed by atoms with Gasteiger partial charge in [0.05, 0.1) is 13.1 Å². The molecule has 39 heavy (non-hydrogen) atoms. The van der Waals surface area contributed by atoms with Crippen molar-refractivity contribution >= 4 is 24.1 Å². The molecule has 2 heterocycles. The number of carboxylic acids is 1. The number of aliphatic carboxylic acids is 1. The fourth-order valence-electron chi connectivity index (χ4n) is 5.52. The van der Waals surface area contributed by atoms with E-state index in [1.165, 1.54) is 11.0 Å². The van der Waals surface area contributed by atoms with Crippen molar-refractivity contribution in [3.63, 3.8) is 0 Å². The van der Waals surface area contributed by atoms with Crippen molar-refractivity contribution in [2.24, 2.45) is 0 Å². The summed E-state index contributed by atoms with van der Waals surface area (Å²) >= 11 is 0. The number of halogens is 1. The second-order valence-electron chi connectivity index (χ2n) is 10.4. The number of carboxylic acid groups (broad SMARTS) is 1. The summed E-state index contributed by atoms with van der Waals surface area (Å²) in [5.41, 5.74) is 1.12. The van der Waals surface area contributed by atoms with Crippen molar-refractivity contribution in [3.8, 4) is 0 Å². The molecule has 1 saturated carbocycles. The van der Waals surface area contributed by atoms with Crippen LogP contribution in [0.5, 0.6) is 0 Å². The van der Waals surface area contributed by atoms with Crippen LogP contribution in [-0.4, -0.2) is 69.8 Å². The highest BCUT2D eigenvalue weighted by Gasteiger charge is 2.44. The number of benzene rings is 1. The van der Waals surface area contributed by atoms with E-state index in [-0.39, 0.29) is 32.2 Å². The van der Waals surface area contributed by atoms with Crippen LogP contribution in [0, 0.1) is 5.82 Å². The van der Waals surface area contributed by atoms with Gasteiger partial charge in [-0.1, -0.05) is 24.6 Å². The highest BCUT2D eigenvalue weighted by atomic mass is 19.1. The molecule has 2 aliphatic heterocycles. The lowest BCUT2D eigenvalue weighted by molar-refractivity contribution is -0.149. The normalized spacial score (nSPS) is 21.4. The minimum atomic E-state index is -1.23. The van der Waals surface area contributed by atoms with E-state index in [0.717, 1.165) is 43.4 Å². The molecule has 2 N–H and O–H groups in total. The number of fused-ring (bicyclic) bond motifs is 1. The van der Waals surface area contributed by atoms with Crippen molar-refractivity contribution in [2.75, 3.05) is 6.54 Å². The minimum Gasteiger partial charge on any atom is -0.480 e. The number of allylic oxidation sites excluding steroid dienone is 1. The fraction of sp³-hybridized carbons (Fsp3) is 0.571. The molecule has 3 atom stereocenters. The quantitative estimate of drug-likeness (QED) is 0.335. The third-order valence-electron chi connectivity index (χ3n) is 7.60. The van der Waals surface area contributed by atoms with Gasteiger partial charge in [0, 0.05) is 18.5 Å². The number of ether oxygens (including phenoxy) is 2. The number of nitrogens with one attached hydrogen (secondary N) is 1. The van der Waals surface area contributed by atoms with Crippen molar-refractivity contribution < 1.29 is 38.1 Å². The Labute approximate surface area is 227 Å². The molecule has 0 unspecified atom stereocenters. The number of carbonyl (C=O) groups excluding carboxylic acids is 3. The van der Waals surface area contributed by atoms with Gasteiger partial charge in [-0.3, -0.25) is 9.69 Å². The maximum Gasteiger partial charge on any atom is 0.410 e. The van der Waals surface area contributed by atoms with Gasteiger partial charge in [0.2, 0.25) is 5.91 Å². The Morgan fingerprint density at radius 3 is 2.59 bits per heavy atom. The van der Waals surface area contributed by atoms with E-state index in [4.69, 9.17) is 9.47 Å². The molecule has 0 spiro atoms. The molecule has 212 valence electrons. The third-order valence-corrected chi connectivity index (χ3v) is 7.60.